The van der Waals surface area contributed by atoms with Gasteiger partial charge in [-0.3, -0.25) is 4.79 Å². The van der Waals surface area contributed by atoms with Crippen molar-refractivity contribution in [2.45, 2.75) is 5.25 Å². The predicted octanol–water partition coefficient (Wildman–Crippen LogP) is 2.73. The molecule has 0 saturated carbocycles. The smallest absolute Gasteiger partial charge is 0.206 e. The van der Waals surface area contributed by atoms with Gasteiger partial charge in [0.1, 0.15) is 0 Å². The highest BCUT2D eigenvalue weighted by atomic mass is 32.2. The summed E-state index contributed by atoms with van der Waals surface area (Å²) in [6, 6.07) is 10.0. The van der Waals surface area contributed by atoms with E-state index in [0.29, 0.717) is 5.12 Å². The molecule has 13 heavy (non-hydrogen) atoms. The first-order valence-corrected chi connectivity index (χ1v) is 6.24. The number of hydrogen-bond donors (Lipinski definition) is 0. The molecule has 1 saturated heterocycles. The Bertz CT molecular complexity index is 297. The van der Waals surface area contributed by atoms with Crippen LogP contribution in [0.15, 0.2) is 30.3 Å². The molecule has 0 amide bonds. The zero-order valence-corrected chi connectivity index (χ0v) is 8.74. The summed E-state index contributed by atoms with van der Waals surface area (Å²) in [5, 5.41) is 0.377. The van der Waals surface area contributed by atoms with Gasteiger partial charge in [-0.15, -0.1) is 11.8 Å². The average molecular weight is 210 g/mol. The van der Waals surface area contributed by atoms with Crippen LogP contribution in [0.3, 0.4) is 0 Å². The average Bonchev–Trinajstić information content (AvgIpc) is 2.20. The second-order valence-electron chi connectivity index (χ2n) is 2.83. The highest BCUT2D eigenvalue weighted by Crippen LogP contribution is 2.37. The highest BCUT2D eigenvalue weighted by molar-refractivity contribution is 8.18. The van der Waals surface area contributed by atoms with E-state index in [2.05, 4.69) is 0 Å². The molecule has 68 valence electrons. The highest BCUT2D eigenvalue weighted by Gasteiger charge is 2.24. The van der Waals surface area contributed by atoms with Gasteiger partial charge in [0.25, 0.3) is 0 Å². The van der Waals surface area contributed by atoms with Crippen molar-refractivity contribution in [3.05, 3.63) is 35.9 Å². The first-order valence-electron chi connectivity index (χ1n) is 4.21. The van der Waals surface area contributed by atoms with Crippen molar-refractivity contribution < 1.29 is 4.79 Å². The lowest BCUT2D eigenvalue weighted by atomic mass is 10.2. The lowest BCUT2D eigenvalue weighted by Gasteiger charge is -2.19. The van der Waals surface area contributed by atoms with Crippen LogP contribution in [0.4, 0.5) is 0 Å². The Morgan fingerprint density at radius 1 is 1.15 bits per heavy atom. The van der Waals surface area contributed by atoms with Crippen LogP contribution in [0.25, 0.3) is 0 Å². The van der Waals surface area contributed by atoms with E-state index < -0.39 is 0 Å². The van der Waals surface area contributed by atoms with E-state index in [1.54, 1.807) is 11.8 Å². The van der Waals surface area contributed by atoms with E-state index in [9.17, 15) is 4.79 Å². The number of hydrogen-bond acceptors (Lipinski definition) is 3. The number of thioether (sulfide) groups is 2. The molecular formula is C10H10OS2. The van der Waals surface area contributed by atoms with Gasteiger partial charge in [0.05, 0.1) is 5.25 Å². The first kappa shape index (κ1) is 9.16. The minimum absolute atomic E-state index is 0.0694. The maximum absolute atomic E-state index is 11.5. The van der Waals surface area contributed by atoms with Gasteiger partial charge in [-0.25, -0.2) is 0 Å². The van der Waals surface area contributed by atoms with E-state index in [0.717, 1.165) is 17.1 Å². The van der Waals surface area contributed by atoms with Gasteiger partial charge in [-0.2, -0.15) is 0 Å². The summed E-state index contributed by atoms with van der Waals surface area (Å²) in [4.78, 5) is 11.5. The molecule has 0 bridgehead atoms. The third kappa shape index (κ3) is 2.09. The van der Waals surface area contributed by atoms with E-state index in [1.807, 2.05) is 30.3 Å². The molecule has 0 N–H and O–H groups in total. The Labute approximate surface area is 86.3 Å². The molecule has 2 rings (SSSR count). The number of benzene rings is 1. The summed E-state index contributed by atoms with van der Waals surface area (Å²) in [5.41, 5.74) is 1.14. The fourth-order valence-corrected chi connectivity index (χ4v) is 3.65. The molecule has 1 heterocycles. The molecule has 0 aromatic heterocycles. The second-order valence-corrected chi connectivity index (χ2v) is 5.14. The molecule has 1 atom stereocenters. The summed E-state index contributed by atoms with van der Waals surface area (Å²) in [6.45, 7) is 0. The number of carbonyl (C=O) groups excluding carboxylic acids is 1. The van der Waals surface area contributed by atoms with Gasteiger partial charge in [0, 0.05) is 11.5 Å². The summed E-state index contributed by atoms with van der Waals surface area (Å²) in [6.07, 6.45) is 0. The van der Waals surface area contributed by atoms with Gasteiger partial charge in [-0.05, 0) is 5.56 Å². The summed E-state index contributed by atoms with van der Waals surface area (Å²) < 4.78 is 0. The summed E-state index contributed by atoms with van der Waals surface area (Å²) >= 11 is 3.22. The zero-order chi connectivity index (χ0) is 9.10. The number of rotatable bonds is 1. The lowest BCUT2D eigenvalue weighted by molar-refractivity contribution is -0.110. The van der Waals surface area contributed by atoms with Crippen molar-refractivity contribution in [2.24, 2.45) is 0 Å². The molecule has 1 aliphatic heterocycles. The SMILES string of the molecule is O=C1SCCSC1c1ccccc1. The van der Waals surface area contributed by atoms with Crippen LogP contribution in [0.1, 0.15) is 10.8 Å². The molecule has 1 aromatic rings. The van der Waals surface area contributed by atoms with Crippen LogP contribution in [0, 0.1) is 0 Å². The van der Waals surface area contributed by atoms with Gasteiger partial charge >= 0.3 is 0 Å². The monoisotopic (exact) mass is 210 g/mol. The van der Waals surface area contributed by atoms with E-state index in [-0.39, 0.29) is 5.25 Å². The van der Waals surface area contributed by atoms with Crippen molar-refractivity contribution in [1.82, 2.24) is 0 Å². The van der Waals surface area contributed by atoms with Crippen LogP contribution < -0.4 is 0 Å². The largest absolute Gasteiger partial charge is 0.286 e. The molecule has 1 aromatic carbocycles. The molecule has 1 unspecified atom stereocenters. The third-order valence-corrected chi connectivity index (χ3v) is 4.52. The molecule has 1 aliphatic rings. The molecule has 0 aliphatic carbocycles. The van der Waals surface area contributed by atoms with Crippen molar-refractivity contribution >= 4 is 28.6 Å². The topological polar surface area (TPSA) is 17.1 Å². The van der Waals surface area contributed by atoms with Crippen molar-refractivity contribution in [2.75, 3.05) is 11.5 Å². The first-order chi connectivity index (χ1) is 6.38. The maximum Gasteiger partial charge on any atom is 0.206 e. The summed E-state index contributed by atoms with van der Waals surface area (Å²) in [7, 11) is 0. The van der Waals surface area contributed by atoms with Crippen LogP contribution >= 0.6 is 23.5 Å². The van der Waals surface area contributed by atoms with Gasteiger partial charge in [0.2, 0.25) is 5.12 Å². The third-order valence-electron chi connectivity index (χ3n) is 1.93. The standard InChI is InChI=1S/C10H10OS2/c11-10-9(12-6-7-13-10)8-4-2-1-3-5-8/h1-5,9H,6-7H2. The van der Waals surface area contributed by atoms with Crippen molar-refractivity contribution in [3.8, 4) is 0 Å². The normalized spacial score (nSPS) is 23.1. The summed E-state index contributed by atoms with van der Waals surface area (Å²) in [5.74, 6) is 2.04. The van der Waals surface area contributed by atoms with Crippen LogP contribution in [-0.2, 0) is 4.79 Å². The van der Waals surface area contributed by atoms with Crippen LogP contribution in [0.5, 0.6) is 0 Å². The fourth-order valence-electron chi connectivity index (χ4n) is 1.31. The van der Waals surface area contributed by atoms with Gasteiger partial charge in [-0.1, -0.05) is 42.1 Å². The Morgan fingerprint density at radius 2 is 1.92 bits per heavy atom. The Morgan fingerprint density at radius 3 is 2.62 bits per heavy atom. The molecular weight excluding hydrogens is 200 g/mol. The Hall–Kier alpha value is -0.410. The van der Waals surface area contributed by atoms with Gasteiger partial charge < -0.3 is 0 Å². The number of carbonyl (C=O) groups is 1. The van der Waals surface area contributed by atoms with Crippen LogP contribution in [0.2, 0.25) is 0 Å². The Kier molecular flexibility index (Phi) is 2.96. The minimum Gasteiger partial charge on any atom is -0.286 e. The van der Waals surface area contributed by atoms with E-state index in [4.69, 9.17) is 0 Å². The molecule has 0 radical (unpaired) electrons. The minimum atomic E-state index is 0.0694. The second kappa shape index (κ2) is 4.20. The fraction of sp³-hybridized carbons (Fsp3) is 0.300. The van der Waals surface area contributed by atoms with Crippen LogP contribution in [-0.4, -0.2) is 16.6 Å². The molecule has 1 nitrogen and oxygen atoms in total. The maximum atomic E-state index is 11.5. The van der Waals surface area contributed by atoms with Crippen molar-refractivity contribution in [3.63, 3.8) is 0 Å². The predicted molar refractivity (Wildman–Crippen MR) is 59.1 cm³/mol. The lowest BCUT2D eigenvalue weighted by Crippen LogP contribution is -2.12. The Balaban J connectivity index is 2.20. The molecule has 3 heteroatoms. The zero-order valence-electron chi connectivity index (χ0n) is 7.10. The van der Waals surface area contributed by atoms with E-state index >= 15 is 0 Å². The quantitative estimate of drug-likeness (QED) is 0.709. The molecule has 0 spiro atoms. The van der Waals surface area contributed by atoms with Crippen molar-refractivity contribution in [1.29, 1.82) is 0 Å². The van der Waals surface area contributed by atoms with Gasteiger partial charge in [0.15, 0.2) is 0 Å². The molecule has 1 fully saturated rings. The van der Waals surface area contributed by atoms with E-state index in [1.165, 1.54) is 11.8 Å².